The monoisotopic (exact) mass is 299 g/mol. The summed E-state index contributed by atoms with van der Waals surface area (Å²) in [7, 11) is 0. The predicted molar refractivity (Wildman–Crippen MR) is 59.1 cm³/mol. The second-order valence-electron chi connectivity index (χ2n) is 2.49. The third kappa shape index (κ3) is 2.38. The molecule has 2 aromatic rings. The molecular formula is C9H6IN3O. The van der Waals surface area contributed by atoms with Crippen molar-refractivity contribution >= 4 is 22.6 Å². The lowest BCUT2D eigenvalue weighted by molar-refractivity contribution is 0.458. The van der Waals surface area contributed by atoms with E-state index in [4.69, 9.17) is 4.74 Å². The maximum absolute atomic E-state index is 5.42. The normalized spacial score (nSPS) is 9.79. The Morgan fingerprint density at radius 3 is 2.71 bits per heavy atom. The van der Waals surface area contributed by atoms with Crippen LogP contribution in [0.25, 0.3) is 0 Å². The fraction of sp³-hybridized carbons (Fsp3) is 0. The summed E-state index contributed by atoms with van der Waals surface area (Å²) in [6.07, 6.45) is 6.33. The zero-order chi connectivity index (χ0) is 9.80. The Morgan fingerprint density at radius 1 is 1.21 bits per heavy atom. The summed E-state index contributed by atoms with van der Waals surface area (Å²) in [4.78, 5) is 11.7. The first-order valence-electron chi connectivity index (χ1n) is 3.89. The minimum atomic E-state index is 0.548. The Kier molecular flexibility index (Phi) is 2.87. The van der Waals surface area contributed by atoms with Gasteiger partial charge in [0.25, 0.3) is 0 Å². The van der Waals surface area contributed by atoms with Crippen LogP contribution >= 0.6 is 22.6 Å². The van der Waals surface area contributed by atoms with Gasteiger partial charge in [0.15, 0.2) is 5.75 Å². The first-order valence-corrected chi connectivity index (χ1v) is 4.97. The van der Waals surface area contributed by atoms with E-state index in [1.165, 1.54) is 6.33 Å². The molecule has 0 aliphatic rings. The standard InChI is InChI=1S/C9H6IN3O/c10-7-1-2-13-9(3-7)14-8-4-11-6-12-5-8/h1-6H. The second kappa shape index (κ2) is 4.32. The third-order valence-corrected chi connectivity index (χ3v) is 2.13. The quantitative estimate of drug-likeness (QED) is 0.798. The van der Waals surface area contributed by atoms with E-state index in [-0.39, 0.29) is 0 Å². The van der Waals surface area contributed by atoms with Gasteiger partial charge >= 0.3 is 0 Å². The molecule has 0 bridgehead atoms. The van der Waals surface area contributed by atoms with Gasteiger partial charge < -0.3 is 4.74 Å². The number of hydrogen-bond donors (Lipinski definition) is 0. The molecule has 5 heteroatoms. The molecule has 0 fully saturated rings. The number of nitrogens with zero attached hydrogens (tertiary/aromatic N) is 3. The summed E-state index contributed by atoms with van der Waals surface area (Å²) in [5, 5.41) is 0. The Morgan fingerprint density at radius 2 is 2.00 bits per heavy atom. The van der Waals surface area contributed by atoms with Crippen molar-refractivity contribution in [1.29, 1.82) is 0 Å². The number of aromatic nitrogens is 3. The van der Waals surface area contributed by atoms with Crippen molar-refractivity contribution in [2.45, 2.75) is 0 Å². The van der Waals surface area contributed by atoms with Gasteiger partial charge in [-0.25, -0.2) is 15.0 Å². The molecule has 0 N–H and O–H groups in total. The highest BCUT2D eigenvalue weighted by atomic mass is 127. The molecule has 0 radical (unpaired) electrons. The van der Waals surface area contributed by atoms with Gasteiger partial charge in [-0.3, -0.25) is 0 Å². The molecule has 0 spiro atoms. The fourth-order valence-electron chi connectivity index (χ4n) is 0.900. The zero-order valence-electron chi connectivity index (χ0n) is 7.09. The Balaban J connectivity index is 2.19. The van der Waals surface area contributed by atoms with E-state index in [1.807, 2.05) is 12.1 Å². The van der Waals surface area contributed by atoms with Gasteiger partial charge in [-0.05, 0) is 28.7 Å². The molecule has 2 rings (SSSR count). The van der Waals surface area contributed by atoms with Crippen LogP contribution in [-0.2, 0) is 0 Å². The smallest absolute Gasteiger partial charge is 0.220 e. The molecule has 0 aromatic carbocycles. The Labute approximate surface area is 94.5 Å². The summed E-state index contributed by atoms with van der Waals surface area (Å²) in [5.41, 5.74) is 0. The van der Waals surface area contributed by atoms with Crippen molar-refractivity contribution in [2.24, 2.45) is 0 Å². The average Bonchev–Trinajstić information content (AvgIpc) is 2.19. The highest BCUT2D eigenvalue weighted by molar-refractivity contribution is 14.1. The van der Waals surface area contributed by atoms with Crippen LogP contribution in [0.4, 0.5) is 0 Å². The van der Waals surface area contributed by atoms with Gasteiger partial charge in [0.1, 0.15) is 6.33 Å². The molecule has 0 atom stereocenters. The lowest BCUT2D eigenvalue weighted by Gasteiger charge is -2.02. The van der Waals surface area contributed by atoms with Crippen LogP contribution in [0.3, 0.4) is 0 Å². The topological polar surface area (TPSA) is 47.9 Å². The Hall–Kier alpha value is -1.24. The summed E-state index contributed by atoms with van der Waals surface area (Å²) in [6.45, 7) is 0. The first kappa shape index (κ1) is 9.32. The van der Waals surface area contributed by atoms with Crippen molar-refractivity contribution in [3.63, 3.8) is 0 Å². The van der Waals surface area contributed by atoms with Gasteiger partial charge in [0, 0.05) is 15.8 Å². The summed E-state index contributed by atoms with van der Waals surface area (Å²) in [6, 6.07) is 3.74. The minimum Gasteiger partial charge on any atom is -0.436 e. The summed E-state index contributed by atoms with van der Waals surface area (Å²) < 4.78 is 6.49. The molecule has 0 aliphatic carbocycles. The van der Waals surface area contributed by atoms with E-state index < -0.39 is 0 Å². The SMILES string of the molecule is Ic1ccnc(Oc2cncnc2)c1. The number of ether oxygens (including phenoxy) is 1. The van der Waals surface area contributed by atoms with Crippen molar-refractivity contribution in [3.05, 3.63) is 40.6 Å². The van der Waals surface area contributed by atoms with E-state index in [9.17, 15) is 0 Å². The first-order chi connectivity index (χ1) is 6.84. The largest absolute Gasteiger partial charge is 0.436 e. The van der Waals surface area contributed by atoms with Crippen LogP contribution in [0.15, 0.2) is 37.1 Å². The number of hydrogen-bond acceptors (Lipinski definition) is 4. The molecule has 0 saturated carbocycles. The van der Waals surface area contributed by atoms with Gasteiger partial charge in [0.05, 0.1) is 12.4 Å². The molecule has 0 unspecified atom stereocenters. The van der Waals surface area contributed by atoms with Crippen LogP contribution < -0.4 is 4.74 Å². The lowest BCUT2D eigenvalue weighted by Crippen LogP contribution is -1.89. The molecule has 0 aliphatic heterocycles. The highest BCUT2D eigenvalue weighted by Gasteiger charge is 1.98. The van der Waals surface area contributed by atoms with Gasteiger partial charge in [-0.2, -0.15) is 0 Å². The van der Waals surface area contributed by atoms with Crippen LogP contribution in [-0.4, -0.2) is 15.0 Å². The Bertz CT molecular complexity index is 421. The van der Waals surface area contributed by atoms with Crippen LogP contribution in [0, 0.1) is 3.57 Å². The molecule has 2 aromatic heterocycles. The molecule has 2 heterocycles. The van der Waals surface area contributed by atoms with Gasteiger partial charge in [-0.1, -0.05) is 0 Å². The van der Waals surface area contributed by atoms with Crippen molar-refractivity contribution in [2.75, 3.05) is 0 Å². The molecule has 70 valence electrons. The van der Waals surface area contributed by atoms with Crippen molar-refractivity contribution in [1.82, 2.24) is 15.0 Å². The molecule has 14 heavy (non-hydrogen) atoms. The van der Waals surface area contributed by atoms with Crippen LogP contribution in [0.1, 0.15) is 0 Å². The van der Waals surface area contributed by atoms with Gasteiger partial charge in [0.2, 0.25) is 5.88 Å². The number of halogens is 1. The van der Waals surface area contributed by atoms with Crippen molar-refractivity contribution in [3.8, 4) is 11.6 Å². The predicted octanol–water partition coefficient (Wildman–Crippen LogP) is 2.27. The average molecular weight is 299 g/mol. The maximum atomic E-state index is 5.42. The van der Waals surface area contributed by atoms with E-state index >= 15 is 0 Å². The van der Waals surface area contributed by atoms with Crippen LogP contribution in [0.2, 0.25) is 0 Å². The molecule has 4 nitrogen and oxygen atoms in total. The van der Waals surface area contributed by atoms with E-state index in [0.29, 0.717) is 11.6 Å². The highest BCUT2D eigenvalue weighted by Crippen LogP contribution is 2.18. The van der Waals surface area contributed by atoms with E-state index in [2.05, 4.69) is 37.5 Å². The van der Waals surface area contributed by atoms with E-state index in [1.54, 1.807) is 18.6 Å². The minimum absolute atomic E-state index is 0.548. The lowest BCUT2D eigenvalue weighted by atomic mass is 10.5. The van der Waals surface area contributed by atoms with Crippen molar-refractivity contribution < 1.29 is 4.74 Å². The van der Waals surface area contributed by atoms with E-state index in [0.717, 1.165) is 3.57 Å². The van der Waals surface area contributed by atoms with Crippen LogP contribution in [0.5, 0.6) is 11.6 Å². The number of pyridine rings is 1. The molecular weight excluding hydrogens is 293 g/mol. The van der Waals surface area contributed by atoms with Gasteiger partial charge in [-0.15, -0.1) is 0 Å². The summed E-state index contributed by atoms with van der Waals surface area (Å²) in [5.74, 6) is 1.13. The third-order valence-electron chi connectivity index (χ3n) is 1.46. The second-order valence-corrected chi connectivity index (χ2v) is 3.73. The fourth-order valence-corrected chi connectivity index (χ4v) is 1.33. The number of rotatable bonds is 2. The molecule has 0 amide bonds. The molecule has 0 saturated heterocycles. The maximum Gasteiger partial charge on any atom is 0.220 e. The zero-order valence-corrected chi connectivity index (χ0v) is 9.25. The summed E-state index contributed by atoms with van der Waals surface area (Å²) >= 11 is 2.20.